The minimum atomic E-state index is 0.0940. The summed E-state index contributed by atoms with van der Waals surface area (Å²) in [5.74, 6) is 1.86. The third-order valence-corrected chi connectivity index (χ3v) is 14.2. The van der Waals surface area contributed by atoms with E-state index >= 15 is 0 Å². The summed E-state index contributed by atoms with van der Waals surface area (Å²) in [5.41, 5.74) is 10.2. The number of thiophene rings is 2. The molecule has 7 heteroatoms. The summed E-state index contributed by atoms with van der Waals surface area (Å²) in [6.45, 7) is 4.14. The molecule has 0 radical (unpaired) electrons. The van der Waals surface area contributed by atoms with Gasteiger partial charge in [0.2, 0.25) is 0 Å². The molecule has 2 aliphatic rings. The van der Waals surface area contributed by atoms with E-state index < -0.39 is 0 Å². The van der Waals surface area contributed by atoms with Gasteiger partial charge in [-0.1, -0.05) is 97.1 Å². The summed E-state index contributed by atoms with van der Waals surface area (Å²) in [4.78, 5) is 7.78. The average molecular weight is 841 g/mol. The molecule has 9 aromatic rings. The number of nitrogens with zero attached hydrogens (tertiary/aromatic N) is 4. The van der Waals surface area contributed by atoms with Gasteiger partial charge in [0, 0.05) is 64.3 Å². The van der Waals surface area contributed by atoms with Crippen LogP contribution in [0.2, 0.25) is 0 Å². The molecule has 0 fully saturated rings. The van der Waals surface area contributed by atoms with E-state index in [1.54, 1.807) is 11.3 Å². The third-order valence-electron chi connectivity index (χ3n) is 11.7. The van der Waals surface area contributed by atoms with E-state index in [-0.39, 0.29) is 5.92 Å². The summed E-state index contributed by atoms with van der Waals surface area (Å²) >= 11 is 5.12. The van der Waals surface area contributed by atoms with Crippen LogP contribution in [0.25, 0.3) is 76.2 Å². The zero-order chi connectivity index (χ0) is 41.0. The minimum Gasteiger partial charge on any atom is -0.295 e. The van der Waals surface area contributed by atoms with Crippen LogP contribution in [0.5, 0.6) is 0 Å². The van der Waals surface area contributed by atoms with Crippen LogP contribution in [0, 0.1) is 0 Å². The standard InChI is InChI=1S/C54H40N4S3/c1-4-13-34(35-23-26-52-45(29-35)42-17-8-11-21-51(42)61-52)27-38-33-60-50-25-24-36(30-43(38)50)46-18-12-22-53(55-46)57-39-28-37(40-15-6-9-19-47(40)57)31-44-41-16-7-10-20-48(41)58(49(44)32-39)54(14-5-2)56-59-3/h4-33,37H,1-3H3/b13-4-,14-5-,34-27+,56-54-. The molecule has 0 N–H and O–H groups in total. The molecule has 0 saturated carbocycles. The first-order valence-corrected chi connectivity index (χ1v) is 23.4. The van der Waals surface area contributed by atoms with E-state index in [0.717, 1.165) is 45.2 Å². The first kappa shape index (κ1) is 37.5. The molecule has 4 nitrogen and oxygen atoms in total. The maximum absolute atomic E-state index is 5.45. The monoisotopic (exact) mass is 840 g/mol. The Hall–Kier alpha value is -6.51. The fourth-order valence-electron chi connectivity index (χ4n) is 9.03. The molecule has 294 valence electrons. The van der Waals surface area contributed by atoms with Crippen molar-refractivity contribution in [1.82, 2.24) is 9.55 Å². The first-order valence-electron chi connectivity index (χ1n) is 20.5. The van der Waals surface area contributed by atoms with Crippen molar-refractivity contribution in [2.45, 2.75) is 19.8 Å². The number of pyridine rings is 1. The summed E-state index contributed by atoms with van der Waals surface area (Å²) in [6, 6.07) is 46.2. The van der Waals surface area contributed by atoms with Gasteiger partial charge in [-0.05, 0) is 132 Å². The second-order valence-corrected chi connectivity index (χ2v) is 17.8. The number of para-hydroxylation sites is 2. The molecule has 5 aromatic carbocycles. The highest BCUT2D eigenvalue weighted by molar-refractivity contribution is 7.97. The van der Waals surface area contributed by atoms with E-state index in [4.69, 9.17) is 9.38 Å². The highest BCUT2D eigenvalue weighted by Crippen LogP contribution is 2.43. The van der Waals surface area contributed by atoms with Crippen molar-refractivity contribution in [1.29, 1.82) is 0 Å². The predicted molar refractivity (Wildman–Crippen MR) is 268 cm³/mol. The Morgan fingerprint density at radius 1 is 0.738 bits per heavy atom. The predicted octanol–water partition coefficient (Wildman–Crippen LogP) is 13.9. The molecular weight excluding hydrogens is 801 g/mol. The fourth-order valence-corrected chi connectivity index (χ4v) is 11.3. The first-order chi connectivity index (χ1) is 30.1. The van der Waals surface area contributed by atoms with Crippen LogP contribution in [0.4, 0.5) is 11.5 Å². The van der Waals surface area contributed by atoms with Crippen LogP contribution in [0.15, 0.2) is 173 Å². The maximum atomic E-state index is 5.45. The fraction of sp³-hybridized carbons (Fsp3) is 0.0741. The summed E-state index contributed by atoms with van der Waals surface area (Å²) in [5, 5.41) is 9.68. The molecule has 1 aliphatic heterocycles. The minimum absolute atomic E-state index is 0.0940. The Balaban J connectivity index is 1.02. The number of benzene rings is 5. The van der Waals surface area contributed by atoms with Crippen LogP contribution >= 0.6 is 34.6 Å². The number of aromatic nitrogens is 2. The Bertz CT molecular complexity index is 3520. The van der Waals surface area contributed by atoms with Crippen molar-refractivity contribution >= 4 is 117 Å². The van der Waals surface area contributed by atoms with Crippen molar-refractivity contribution in [3.63, 3.8) is 0 Å². The number of anilines is 2. The van der Waals surface area contributed by atoms with Crippen molar-refractivity contribution in [2.24, 2.45) is 4.40 Å². The van der Waals surface area contributed by atoms with Gasteiger partial charge < -0.3 is 0 Å². The van der Waals surface area contributed by atoms with Gasteiger partial charge in [-0.2, -0.15) is 4.40 Å². The number of hydrogen-bond acceptors (Lipinski definition) is 6. The van der Waals surface area contributed by atoms with Gasteiger partial charge in [-0.3, -0.25) is 9.47 Å². The molecule has 1 aliphatic carbocycles. The van der Waals surface area contributed by atoms with Gasteiger partial charge >= 0.3 is 0 Å². The zero-order valence-electron chi connectivity index (χ0n) is 33.9. The normalized spacial score (nSPS) is 15.4. The lowest BCUT2D eigenvalue weighted by Crippen LogP contribution is -2.33. The van der Waals surface area contributed by atoms with Crippen LogP contribution in [0.3, 0.4) is 0 Å². The van der Waals surface area contributed by atoms with Gasteiger partial charge in [0.25, 0.3) is 0 Å². The Morgan fingerprint density at radius 3 is 2.43 bits per heavy atom. The smallest absolute Gasteiger partial charge is 0.145 e. The Labute approximate surface area is 367 Å². The Kier molecular flexibility index (Phi) is 9.53. The van der Waals surface area contributed by atoms with Crippen LogP contribution in [0.1, 0.15) is 36.5 Å². The molecule has 61 heavy (non-hydrogen) atoms. The van der Waals surface area contributed by atoms with E-state index in [1.807, 2.05) is 24.5 Å². The Morgan fingerprint density at radius 2 is 1.54 bits per heavy atom. The lowest BCUT2D eigenvalue weighted by molar-refractivity contribution is 1.02. The third kappa shape index (κ3) is 6.43. The van der Waals surface area contributed by atoms with Crippen molar-refractivity contribution in [2.75, 3.05) is 11.2 Å². The average Bonchev–Trinajstić information content (AvgIpc) is 3.93. The van der Waals surface area contributed by atoms with Crippen molar-refractivity contribution in [3.05, 3.63) is 196 Å². The molecule has 2 bridgehead atoms. The highest BCUT2D eigenvalue weighted by Gasteiger charge is 2.29. The summed E-state index contributed by atoms with van der Waals surface area (Å²) in [7, 11) is 0. The quantitative estimate of drug-likeness (QED) is 0.0694. The van der Waals surface area contributed by atoms with Crippen LogP contribution in [-0.2, 0) is 0 Å². The second kappa shape index (κ2) is 15.5. The van der Waals surface area contributed by atoms with E-state index in [0.29, 0.717) is 0 Å². The molecular formula is C54H40N4S3. The van der Waals surface area contributed by atoms with Gasteiger partial charge in [-0.25, -0.2) is 4.98 Å². The number of hydrogen-bond donors (Lipinski definition) is 0. The molecule has 5 heterocycles. The van der Waals surface area contributed by atoms with Gasteiger partial charge in [0.1, 0.15) is 11.7 Å². The second-order valence-electron chi connectivity index (χ2n) is 15.3. The number of allylic oxidation sites excluding steroid dienone is 7. The number of fused-ring (bicyclic) bond motifs is 10. The summed E-state index contributed by atoms with van der Waals surface area (Å²) in [6.07, 6.45) is 20.0. The lowest BCUT2D eigenvalue weighted by atomic mass is 9.91. The molecule has 11 rings (SSSR count). The maximum Gasteiger partial charge on any atom is 0.145 e. The van der Waals surface area contributed by atoms with Crippen LogP contribution < -0.4 is 15.5 Å². The van der Waals surface area contributed by atoms with E-state index in [1.165, 1.54) is 75.1 Å². The molecule has 0 saturated heterocycles. The topological polar surface area (TPSA) is 33.4 Å². The van der Waals surface area contributed by atoms with E-state index in [9.17, 15) is 0 Å². The lowest BCUT2D eigenvalue weighted by Gasteiger charge is -2.33. The van der Waals surface area contributed by atoms with Gasteiger partial charge in [0.15, 0.2) is 0 Å². The number of rotatable bonds is 7. The molecule has 1 atom stereocenters. The van der Waals surface area contributed by atoms with Gasteiger partial charge in [0.05, 0.1) is 22.2 Å². The van der Waals surface area contributed by atoms with Gasteiger partial charge in [-0.15, -0.1) is 22.7 Å². The molecule has 0 amide bonds. The van der Waals surface area contributed by atoms with Crippen LogP contribution in [-0.4, -0.2) is 21.6 Å². The summed E-state index contributed by atoms with van der Waals surface area (Å²) < 4.78 is 11.1. The molecule has 4 aromatic heterocycles. The SMILES string of the molecule is C/C=C\C(=N\SC)n1c2c(c3ccccc31)=CC1C=C(C=2)N(c2cccc(-c3ccc4scc(/C=C(\C=C/C)c5ccc6sc7ccccc7c6c5)c4c3)n2)c2ccccc21. The largest absolute Gasteiger partial charge is 0.295 e. The highest BCUT2D eigenvalue weighted by atomic mass is 32.2. The molecule has 0 spiro atoms. The van der Waals surface area contributed by atoms with E-state index in [2.05, 4.69) is 198 Å². The molecule has 1 unspecified atom stereocenters. The van der Waals surface area contributed by atoms with Crippen molar-refractivity contribution < 1.29 is 0 Å². The van der Waals surface area contributed by atoms with Crippen molar-refractivity contribution in [3.8, 4) is 11.3 Å². The zero-order valence-corrected chi connectivity index (χ0v) is 36.4.